The van der Waals surface area contributed by atoms with Crippen LogP contribution in [0.1, 0.15) is 34.6 Å². The molecule has 7 nitrogen and oxygen atoms in total. The fourth-order valence-electron chi connectivity index (χ4n) is 2.72. The third kappa shape index (κ3) is 4.88. The topological polar surface area (TPSA) is 77.7 Å². The Morgan fingerprint density at radius 3 is 2.54 bits per heavy atom. The Morgan fingerprint density at radius 2 is 1.86 bits per heavy atom. The number of carbonyl (C=O) groups is 1. The lowest BCUT2D eigenvalue weighted by molar-refractivity contribution is 0.0780. The van der Waals surface area contributed by atoms with Gasteiger partial charge in [-0.15, -0.1) is 0 Å². The molecule has 0 fully saturated rings. The van der Waals surface area contributed by atoms with Crippen LogP contribution in [0.2, 0.25) is 0 Å². The van der Waals surface area contributed by atoms with E-state index in [1.807, 2.05) is 43.3 Å². The molecule has 2 aromatic carbocycles. The molecule has 0 aliphatic heterocycles. The predicted molar refractivity (Wildman–Crippen MR) is 103 cm³/mol. The molecule has 0 aliphatic rings. The van der Waals surface area contributed by atoms with Crippen molar-refractivity contribution in [3.8, 4) is 11.5 Å². The summed E-state index contributed by atoms with van der Waals surface area (Å²) in [5, 5.41) is 3.80. The van der Waals surface area contributed by atoms with Crippen LogP contribution in [0.5, 0.6) is 11.5 Å². The molecule has 0 unspecified atom stereocenters. The van der Waals surface area contributed by atoms with Crippen molar-refractivity contribution < 1.29 is 18.8 Å². The monoisotopic (exact) mass is 381 g/mol. The van der Waals surface area contributed by atoms with Crippen molar-refractivity contribution in [2.75, 3.05) is 13.7 Å². The lowest BCUT2D eigenvalue weighted by atomic mass is 10.1. The number of ether oxygens (including phenoxy) is 2. The number of aryl methyl sites for hydroxylation is 1. The van der Waals surface area contributed by atoms with Crippen LogP contribution in [-0.4, -0.2) is 34.6 Å². The van der Waals surface area contributed by atoms with E-state index in [2.05, 4.69) is 10.1 Å². The van der Waals surface area contributed by atoms with Gasteiger partial charge in [0.05, 0.1) is 12.2 Å². The van der Waals surface area contributed by atoms with Crippen molar-refractivity contribution >= 4 is 5.91 Å². The lowest BCUT2D eigenvalue weighted by Crippen LogP contribution is -2.26. The third-order valence-corrected chi connectivity index (χ3v) is 4.04. The SMILES string of the molecule is CCOc1ccc(CN(C)C(=O)c2ccccc2OCc2noc(C)n2)cc1. The van der Waals surface area contributed by atoms with Crippen LogP contribution < -0.4 is 9.47 Å². The summed E-state index contributed by atoms with van der Waals surface area (Å²) in [5.74, 6) is 2.07. The first-order chi connectivity index (χ1) is 13.6. The van der Waals surface area contributed by atoms with E-state index in [9.17, 15) is 4.79 Å². The first-order valence-electron chi connectivity index (χ1n) is 9.05. The van der Waals surface area contributed by atoms with Crippen molar-refractivity contribution in [1.82, 2.24) is 15.0 Å². The quantitative estimate of drug-likeness (QED) is 0.593. The van der Waals surface area contributed by atoms with Gasteiger partial charge >= 0.3 is 0 Å². The summed E-state index contributed by atoms with van der Waals surface area (Å²) < 4.78 is 16.1. The van der Waals surface area contributed by atoms with Crippen molar-refractivity contribution in [2.24, 2.45) is 0 Å². The molecule has 3 rings (SSSR count). The van der Waals surface area contributed by atoms with Crippen LogP contribution in [0, 0.1) is 6.92 Å². The van der Waals surface area contributed by atoms with E-state index in [1.54, 1.807) is 31.0 Å². The van der Waals surface area contributed by atoms with Gasteiger partial charge in [-0.2, -0.15) is 4.98 Å². The smallest absolute Gasteiger partial charge is 0.257 e. The predicted octanol–water partition coefficient (Wildman–Crippen LogP) is 3.63. The summed E-state index contributed by atoms with van der Waals surface area (Å²) in [6, 6.07) is 14.8. The molecule has 0 saturated heterocycles. The summed E-state index contributed by atoms with van der Waals surface area (Å²) in [7, 11) is 1.76. The van der Waals surface area contributed by atoms with Crippen LogP contribution in [0.3, 0.4) is 0 Å². The fraction of sp³-hybridized carbons (Fsp3) is 0.286. The first-order valence-corrected chi connectivity index (χ1v) is 9.05. The highest BCUT2D eigenvalue weighted by atomic mass is 16.5. The molecule has 7 heteroatoms. The van der Waals surface area contributed by atoms with Crippen molar-refractivity contribution in [2.45, 2.75) is 27.0 Å². The Hall–Kier alpha value is -3.35. The maximum absolute atomic E-state index is 12.9. The Labute approximate surface area is 163 Å². The number of rotatable bonds is 8. The number of aromatic nitrogens is 2. The summed E-state index contributed by atoms with van der Waals surface area (Å²) >= 11 is 0. The van der Waals surface area contributed by atoms with Gasteiger partial charge in [0.25, 0.3) is 5.91 Å². The minimum atomic E-state index is -0.131. The molecule has 0 radical (unpaired) electrons. The largest absolute Gasteiger partial charge is 0.494 e. The van der Waals surface area contributed by atoms with Gasteiger partial charge in [0.2, 0.25) is 11.7 Å². The Morgan fingerprint density at radius 1 is 1.11 bits per heavy atom. The van der Waals surface area contributed by atoms with Crippen molar-refractivity contribution in [1.29, 1.82) is 0 Å². The van der Waals surface area contributed by atoms with E-state index >= 15 is 0 Å². The van der Waals surface area contributed by atoms with Crippen LogP contribution in [0.4, 0.5) is 0 Å². The maximum atomic E-state index is 12.9. The summed E-state index contributed by atoms with van der Waals surface area (Å²) in [6.07, 6.45) is 0. The van der Waals surface area contributed by atoms with E-state index in [0.717, 1.165) is 11.3 Å². The molecule has 0 spiro atoms. The average molecular weight is 381 g/mol. The van der Waals surface area contributed by atoms with E-state index in [-0.39, 0.29) is 12.5 Å². The molecule has 28 heavy (non-hydrogen) atoms. The highest BCUT2D eigenvalue weighted by Crippen LogP contribution is 2.22. The normalized spacial score (nSPS) is 10.5. The molecule has 0 saturated carbocycles. The second kappa shape index (κ2) is 9.03. The van der Waals surface area contributed by atoms with Crippen LogP contribution in [0.25, 0.3) is 0 Å². The van der Waals surface area contributed by atoms with Gasteiger partial charge < -0.3 is 18.9 Å². The van der Waals surface area contributed by atoms with Gasteiger partial charge in [0.1, 0.15) is 11.5 Å². The highest BCUT2D eigenvalue weighted by molar-refractivity contribution is 5.96. The van der Waals surface area contributed by atoms with Crippen molar-refractivity contribution in [3.05, 3.63) is 71.4 Å². The minimum absolute atomic E-state index is 0.129. The van der Waals surface area contributed by atoms with Gasteiger partial charge in [0.15, 0.2) is 6.61 Å². The molecule has 0 atom stereocenters. The number of hydrogen-bond acceptors (Lipinski definition) is 6. The summed E-state index contributed by atoms with van der Waals surface area (Å²) in [5.41, 5.74) is 1.50. The number of carbonyl (C=O) groups excluding carboxylic acids is 1. The number of nitrogens with zero attached hydrogens (tertiary/aromatic N) is 3. The van der Waals surface area contributed by atoms with E-state index in [1.165, 1.54) is 0 Å². The second-order valence-corrected chi connectivity index (χ2v) is 6.25. The molecule has 1 aromatic heterocycles. The van der Waals surface area contributed by atoms with E-state index in [0.29, 0.717) is 36.2 Å². The zero-order chi connectivity index (χ0) is 19.9. The highest BCUT2D eigenvalue weighted by Gasteiger charge is 2.17. The van der Waals surface area contributed by atoms with Crippen LogP contribution in [0.15, 0.2) is 53.1 Å². The Kier molecular flexibility index (Phi) is 6.26. The lowest BCUT2D eigenvalue weighted by Gasteiger charge is -2.19. The molecule has 1 heterocycles. The number of para-hydroxylation sites is 1. The molecule has 3 aromatic rings. The Balaban J connectivity index is 1.67. The second-order valence-electron chi connectivity index (χ2n) is 6.25. The number of hydrogen-bond donors (Lipinski definition) is 0. The number of benzene rings is 2. The Bertz CT molecular complexity index is 921. The van der Waals surface area contributed by atoms with Gasteiger partial charge in [0, 0.05) is 20.5 Å². The maximum Gasteiger partial charge on any atom is 0.257 e. The molecule has 1 amide bonds. The molecular weight excluding hydrogens is 358 g/mol. The van der Waals surface area contributed by atoms with E-state index in [4.69, 9.17) is 14.0 Å². The standard InChI is InChI=1S/C21H23N3O4/c1-4-26-17-11-9-16(10-12-17)13-24(3)21(25)18-7-5-6-8-19(18)27-14-20-22-15(2)28-23-20/h5-12H,4,13-14H2,1-3H3. The zero-order valence-corrected chi connectivity index (χ0v) is 16.2. The van der Waals surface area contributed by atoms with Gasteiger partial charge in [-0.05, 0) is 36.8 Å². The average Bonchev–Trinajstić information content (AvgIpc) is 3.13. The van der Waals surface area contributed by atoms with Crippen LogP contribution in [-0.2, 0) is 13.2 Å². The van der Waals surface area contributed by atoms with Gasteiger partial charge in [-0.1, -0.05) is 29.4 Å². The minimum Gasteiger partial charge on any atom is -0.494 e. The third-order valence-electron chi connectivity index (χ3n) is 4.04. The van der Waals surface area contributed by atoms with Gasteiger partial charge in [-0.3, -0.25) is 4.79 Å². The fourth-order valence-corrected chi connectivity index (χ4v) is 2.72. The van der Waals surface area contributed by atoms with Gasteiger partial charge in [-0.25, -0.2) is 0 Å². The van der Waals surface area contributed by atoms with Crippen LogP contribution >= 0.6 is 0 Å². The molecule has 0 aliphatic carbocycles. The summed E-state index contributed by atoms with van der Waals surface area (Å²) in [6.45, 7) is 4.88. The van der Waals surface area contributed by atoms with E-state index < -0.39 is 0 Å². The summed E-state index contributed by atoms with van der Waals surface area (Å²) in [4.78, 5) is 18.7. The first kappa shape index (κ1) is 19.4. The molecule has 0 bridgehead atoms. The number of amides is 1. The molecule has 146 valence electrons. The van der Waals surface area contributed by atoms with Crippen molar-refractivity contribution in [3.63, 3.8) is 0 Å². The molecular formula is C21H23N3O4. The zero-order valence-electron chi connectivity index (χ0n) is 16.2. The molecule has 0 N–H and O–H groups in total.